The summed E-state index contributed by atoms with van der Waals surface area (Å²) in [4.78, 5) is 4.74. The Morgan fingerprint density at radius 2 is 1.69 bits per heavy atom. The summed E-state index contributed by atoms with van der Waals surface area (Å²) in [5.41, 5.74) is 5.79. The van der Waals surface area contributed by atoms with E-state index in [9.17, 15) is 0 Å². The summed E-state index contributed by atoms with van der Waals surface area (Å²) in [5.74, 6) is 1.46. The zero-order valence-electron chi connectivity index (χ0n) is 16.8. The summed E-state index contributed by atoms with van der Waals surface area (Å²) in [6.07, 6.45) is 4.12. The van der Waals surface area contributed by atoms with Crippen molar-refractivity contribution in [2.45, 2.75) is 20.5 Å². The third-order valence-electron chi connectivity index (χ3n) is 4.86. The highest BCUT2D eigenvalue weighted by Gasteiger charge is 2.07. The van der Waals surface area contributed by atoms with Crippen LogP contribution >= 0.6 is 11.3 Å². The average molecular weight is 402 g/mol. The largest absolute Gasteiger partial charge is 0.493 e. The Kier molecular flexibility index (Phi) is 5.63. The van der Waals surface area contributed by atoms with Crippen molar-refractivity contribution in [3.63, 3.8) is 0 Å². The van der Waals surface area contributed by atoms with Crippen LogP contribution in [0.3, 0.4) is 0 Å². The molecule has 0 unspecified atom stereocenters. The zero-order valence-corrected chi connectivity index (χ0v) is 17.6. The van der Waals surface area contributed by atoms with Gasteiger partial charge in [0.1, 0.15) is 11.6 Å². The van der Waals surface area contributed by atoms with E-state index in [-0.39, 0.29) is 0 Å². The van der Waals surface area contributed by atoms with Gasteiger partial charge in [-0.15, -0.1) is 11.3 Å². The van der Waals surface area contributed by atoms with E-state index in [2.05, 4.69) is 38.1 Å². The Hall–Kier alpha value is -3.11. The Labute approximate surface area is 175 Å². The summed E-state index contributed by atoms with van der Waals surface area (Å²) >= 11 is 1.70. The topological polar surface area (TPSA) is 31.4 Å². The molecular weight excluding hydrogens is 378 g/mol. The van der Waals surface area contributed by atoms with Crippen molar-refractivity contribution in [2.75, 3.05) is 7.11 Å². The van der Waals surface area contributed by atoms with Gasteiger partial charge in [0.25, 0.3) is 0 Å². The molecule has 0 aliphatic heterocycles. The van der Waals surface area contributed by atoms with Crippen molar-refractivity contribution in [2.24, 2.45) is 0 Å². The first-order valence-corrected chi connectivity index (χ1v) is 10.3. The molecule has 0 atom stereocenters. The highest BCUT2D eigenvalue weighted by Crippen LogP contribution is 2.30. The number of nitrogens with zero attached hydrogens (tertiary/aromatic N) is 1. The lowest BCUT2D eigenvalue weighted by Gasteiger charge is -2.11. The fraction of sp³-hybridized carbons (Fsp3) is 0.160. The molecule has 0 spiro atoms. The fourth-order valence-corrected chi connectivity index (χ4v) is 4.03. The summed E-state index contributed by atoms with van der Waals surface area (Å²) in [6.45, 7) is 4.76. The maximum absolute atomic E-state index is 6.01. The van der Waals surface area contributed by atoms with Crippen molar-refractivity contribution >= 4 is 33.7 Å². The van der Waals surface area contributed by atoms with Crippen molar-refractivity contribution in [3.05, 3.63) is 87.9 Å². The molecule has 3 nitrogen and oxygen atoms in total. The van der Waals surface area contributed by atoms with Crippen LogP contribution in [0, 0.1) is 13.8 Å². The van der Waals surface area contributed by atoms with Gasteiger partial charge in [-0.3, -0.25) is 0 Å². The first-order chi connectivity index (χ1) is 14.1. The first kappa shape index (κ1) is 19.2. The van der Waals surface area contributed by atoms with Gasteiger partial charge >= 0.3 is 0 Å². The lowest BCUT2D eigenvalue weighted by Crippen LogP contribution is -1.97. The van der Waals surface area contributed by atoms with Crippen LogP contribution in [-0.4, -0.2) is 12.1 Å². The smallest absolute Gasteiger partial charge is 0.162 e. The monoisotopic (exact) mass is 401 g/mol. The second-order valence-electron chi connectivity index (χ2n) is 6.97. The predicted octanol–water partition coefficient (Wildman–Crippen LogP) is 6.67. The average Bonchev–Trinajstić information content (AvgIpc) is 3.13. The second-order valence-corrected chi connectivity index (χ2v) is 8.04. The van der Waals surface area contributed by atoms with Gasteiger partial charge in [0.15, 0.2) is 11.5 Å². The van der Waals surface area contributed by atoms with E-state index in [1.165, 1.54) is 15.8 Å². The van der Waals surface area contributed by atoms with Gasteiger partial charge in [0.05, 0.1) is 17.3 Å². The van der Waals surface area contributed by atoms with E-state index in [1.54, 1.807) is 18.4 Å². The van der Waals surface area contributed by atoms with E-state index >= 15 is 0 Å². The van der Waals surface area contributed by atoms with Crippen LogP contribution in [0.15, 0.2) is 60.7 Å². The van der Waals surface area contributed by atoms with Gasteiger partial charge in [0, 0.05) is 0 Å². The van der Waals surface area contributed by atoms with Crippen LogP contribution in [0.25, 0.3) is 22.4 Å². The molecule has 4 aromatic rings. The summed E-state index contributed by atoms with van der Waals surface area (Å²) in [7, 11) is 1.66. The van der Waals surface area contributed by atoms with Gasteiger partial charge in [-0.05, 0) is 66.4 Å². The molecule has 0 N–H and O–H groups in total. The Balaban J connectivity index is 1.55. The third-order valence-corrected chi connectivity index (χ3v) is 5.85. The third kappa shape index (κ3) is 4.49. The predicted molar refractivity (Wildman–Crippen MR) is 122 cm³/mol. The highest BCUT2D eigenvalue weighted by atomic mass is 32.1. The minimum Gasteiger partial charge on any atom is -0.493 e. The Bertz CT molecular complexity index is 1120. The molecule has 0 radical (unpaired) electrons. The maximum Gasteiger partial charge on any atom is 0.162 e. The molecule has 0 aliphatic rings. The Morgan fingerprint density at radius 1 is 0.897 bits per heavy atom. The van der Waals surface area contributed by atoms with Crippen LogP contribution in [0.4, 0.5) is 0 Å². The van der Waals surface area contributed by atoms with Gasteiger partial charge in [-0.2, -0.15) is 0 Å². The molecule has 0 saturated carbocycles. The normalized spacial score (nSPS) is 11.3. The fourth-order valence-electron chi connectivity index (χ4n) is 3.08. The quantitative estimate of drug-likeness (QED) is 0.361. The van der Waals surface area contributed by atoms with Crippen molar-refractivity contribution in [3.8, 4) is 11.5 Å². The van der Waals surface area contributed by atoms with Gasteiger partial charge in [-0.1, -0.05) is 42.5 Å². The van der Waals surface area contributed by atoms with Gasteiger partial charge < -0.3 is 9.47 Å². The number of thiazole rings is 1. The summed E-state index contributed by atoms with van der Waals surface area (Å²) in [6, 6.07) is 20.4. The molecular formula is C25H23NO2S. The number of aryl methyl sites for hydroxylation is 2. The van der Waals surface area contributed by atoms with E-state index in [0.717, 1.165) is 33.2 Å². The SMILES string of the molecule is COc1ccc(C=Cc2nc3cc(C)c(C)cc3s2)cc1OCc1ccccc1. The summed E-state index contributed by atoms with van der Waals surface area (Å²) in [5, 5.41) is 0.993. The van der Waals surface area contributed by atoms with Crippen LogP contribution < -0.4 is 9.47 Å². The molecule has 3 aromatic carbocycles. The molecule has 0 amide bonds. The van der Waals surface area contributed by atoms with Crippen LogP contribution in [0.1, 0.15) is 27.3 Å². The molecule has 146 valence electrons. The zero-order chi connectivity index (χ0) is 20.2. The number of benzene rings is 3. The van der Waals surface area contributed by atoms with Crippen molar-refractivity contribution < 1.29 is 9.47 Å². The van der Waals surface area contributed by atoms with E-state index in [1.807, 2.05) is 48.5 Å². The minimum absolute atomic E-state index is 0.501. The Morgan fingerprint density at radius 3 is 2.48 bits per heavy atom. The lowest BCUT2D eigenvalue weighted by atomic mass is 10.1. The minimum atomic E-state index is 0.501. The summed E-state index contributed by atoms with van der Waals surface area (Å²) < 4.78 is 12.7. The highest BCUT2D eigenvalue weighted by molar-refractivity contribution is 7.19. The molecule has 0 saturated heterocycles. The van der Waals surface area contributed by atoms with E-state index < -0.39 is 0 Å². The number of ether oxygens (including phenoxy) is 2. The van der Waals surface area contributed by atoms with E-state index in [0.29, 0.717) is 6.61 Å². The number of fused-ring (bicyclic) bond motifs is 1. The molecule has 4 heteroatoms. The molecule has 0 fully saturated rings. The van der Waals surface area contributed by atoms with Gasteiger partial charge in [-0.25, -0.2) is 4.98 Å². The molecule has 1 heterocycles. The standard InChI is InChI=1S/C25H23NO2S/c1-17-13-21-24(14-18(17)2)29-25(26-21)12-10-19-9-11-22(27-3)23(15-19)28-16-20-7-5-4-6-8-20/h4-15H,16H2,1-3H3. The molecule has 29 heavy (non-hydrogen) atoms. The lowest BCUT2D eigenvalue weighted by molar-refractivity contribution is 0.284. The van der Waals surface area contributed by atoms with E-state index in [4.69, 9.17) is 14.5 Å². The van der Waals surface area contributed by atoms with Crippen molar-refractivity contribution in [1.29, 1.82) is 0 Å². The second kappa shape index (κ2) is 8.50. The maximum atomic E-state index is 6.01. The molecule has 0 aliphatic carbocycles. The number of hydrogen-bond acceptors (Lipinski definition) is 4. The van der Waals surface area contributed by atoms with Crippen LogP contribution in [0.2, 0.25) is 0 Å². The molecule has 1 aromatic heterocycles. The first-order valence-electron chi connectivity index (χ1n) is 9.53. The van der Waals surface area contributed by atoms with Gasteiger partial charge in [0.2, 0.25) is 0 Å². The molecule has 0 bridgehead atoms. The number of hydrogen-bond donors (Lipinski definition) is 0. The number of rotatable bonds is 6. The number of methoxy groups -OCH3 is 1. The molecule has 4 rings (SSSR count). The number of aromatic nitrogens is 1. The van der Waals surface area contributed by atoms with Crippen LogP contribution in [0.5, 0.6) is 11.5 Å². The van der Waals surface area contributed by atoms with Crippen molar-refractivity contribution in [1.82, 2.24) is 4.98 Å². The van der Waals surface area contributed by atoms with Crippen LogP contribution in [-0.2, 0) is 6.61 Å².